The van der Waals surface area contributed by atoms with Gasteiger partial charge in [0.2, 0.25) is 0 Å². The highest BCUT2D eigenvalue weighted by atomic mass is 16.2. The fourth-order valence-electron chi connectivity index (χ4n) is 3.85. The van der Waals surface area contributed by atoms with E-state index >= 15 is 0 Å². The van der Waals surface area contributed by atoms with Gasteiger partial charge in [-0.3, -0.25) is 14.3 Å². The number of amides is 2. The summed E-state index contributed by atoms with van der Waals surface area (Å²) in [7, 11) is 0. The maximum atomic E-state index is 13.3. The standard InChI is InChI=1S/C25H29N5O2/c1-16(2)13-26-24(31)19-10-11-22-20(12-19)21(23-27-15-30(28-23)17(3)4)14-29(22)25(32)18-8-6-5-7-9-18/h5-12,15-17,21H,13-14H2,1-4H3,(H,26,31)/t21-/m0/s1. The molecule has 1 aliphatic heterocycles. The number of aromatic nitrogens is 3. The highest BCUT2D eigenvalue weighted by molar-refractivity contribution is 6.08. The molecule has 0 radical (unpaired) electrons. The molecule has 0 aliphatic carbocycles. The minimum atomic E-state index is -0.199. The fourth-order valence-corrected chi connectivity index (χ4v) is 3.85. The smallest absolute Gasteiger partial charge is 0.258 e. The SMILES string of the molecule is CC(C)CNC(=O)c1ccc2c(c1)[C@@H](c1ncn(C(C)C)n1)CN2C(=O)c1ccccc1. The Labute approximate surface area is 188 Å². The molecule has 1 aliphatic rings. The molecule has 1 aromatic heterocycles. The van der Waals surface area contributed by atoms with Crippen molar-refractivity contribution in [1.29, 1.82) is 0 Å². The Hall–Kier alpha value is -3.48. The highest BCUT2D eigenvalue weighted by Crippen LogP contribution is 2.40. The number of nitrogens with zero attached hydrogens (tertiary/aromatic N) is 4. The van der Waals surface area contributed by atoms with Gasteiger partial charge in [0.25, 0.3) is 11.8 Å². The van der Waals surface area contributed by atoms with E-state index in [0.717, 1.165) is 11.3 Å². The van der Waals surface area contributed by atoms with Crippen LogP contribution in [-0.2, 0) is 0 Å². The van der Waals surface area contributed by atoms with E-state index in [-0.39, 0.29) is 23.8 Å². The highest BCUT2D eigenvalue weighted by Gasteiger charge is 2.36. The molecule has 0 bridgehead atoms. The van der Waals surface area contributed by atoms with Crippen LogP contribution < -0.4 is 10.2 Å². The van der Waals surface area contributed by atoms with E-state index < -0.39 is 0 Å². The van der Waals surface area contributed by atoms with Crippen molar-refractivity contribution in [3.05, 3.63) is 77.4 Å². The number of hydrogen-bond donors (Lipinski definition) is 1. The van der Waals surface area contributed by atoms with E-state index in [4.69, 9.17) is 0 Å². The second-order valence-corrected chi connectivity index (χ2v) is 8.89. The quantitative estimate of drug-likeness (QED) is 0.639. The van der Waals surface area contributed by atoms with Crippen LogP contribution in [0.4, 0.5) is 5.69 Å². The molecule has 7 nitrogen and oxygen atoms in total. The first-order valence-corrected chi connectivity index (χ1v) is 11.0. The molecule has 32 heavy (non-hydrogen) atoms. The Morgan fingerprint density at radius 3 is 2.47 bits per heavy atom. The summed E-state index contributed by atoms with van der Waals surface area (Å²) in [4.78, 5) is 32.3. The summed E-state index contributed by atoms with van der Waals surface area (Å²) >= 11 is 0. The van der Waals surface area contributed by atoms with E-state index in [1.807, 2.05) is 61.0 Å². The summed E-state index contributed by atoms with van der Waals surface area (Å²) in [5.41, 5.74) is 2.89. The van der Waals surface area contributed by atoms with Crippen LogP contribution in [0.5, 0.6) is 0 Å². The van der Waals surface area contributed by atoms with Crippen LogP contribution in [0, 0.1) is 5.92 Å². The number of anilines is 1. The molecule has 2 heterocycles. The molecular formula is C25H29N5O2. The maximum absolute atomic E-state index is 13.3. The Morgan fingerprint density at radius 2 is 1.81 bits per heavy atom. The zero-order chi connectivity index (χ0) is 22.8. The van der Waals surface area contributed by atoms with Crippen LogP contribution in [-0.4, -0.2) is 39.7 Å². The average molecular weight is 432 g/mol. The number of benzene rings is 2. The maximum Gasteiger partial charge on any atom is 0.258 e. The van der Waals surface area contributed by atoms with Crippen LogP contribution in [0.1, 0.15) is 71.8 Å². The fraction of sp³-hybridized carbons (Fsp3) is 0.360. The molecule has 0 saturated heterocycles. The van der Waals surface area contributed by atoms with Crippen molar-refractivity contribution in [2.45, 2.75) is 39.7 Å². The zero-order valence-electron chi connectivity index (χ0n) is 18.9. The van der Waals surface area contributed by atoms with Crippen LogP contribution >= 0.6 is 0 Å². The number of carbonyl (C=O) groups excluding carboxylic acids is 2. The summed E-state index contributed by atoms with van der Waals surface area (Å²) in [6, 6.07) is 14.9. The van der Waals surface area contributed by atoms with Crippen molar-refractivity contribution < 1.29 is 9.59 Å². The number of fused-ring (bicyclic) bond motifs is 1. The van der Waals surface area contributed by atoms with E-state index in [2.05, 4.69) is 29.2 Å². The molecule has 0 unspecified atom stereocenters. The lowest BCUT2D eigenvalue weighted by atomic mass is 9.98. The molecule has 1 N–H and O–H groups in total. The van der Waals surface area contributed by atoms with Crippen molar-refractivity contribution in [3.8, 4) is 0 Å². The van der Waals surface area contributed by atoms with Crippen molar-refractivity contribution in [3.63, 3.8) is 0 Å². The third-order valence-electron chi connectivity index (χ3n) is 5.62. The monoisotopic (exact) mass is 431 g/mol. The second kappa shape index (κ2) is 8.94. The molecule has 7 heteroatoms. The molecule has 166 valence electrons. The van der Waals surface area contributed by atoms with Gasteiger partial charge in [0.15, 0.2) is 5.82 Å². The van der Waals surface area contributed by atoms with Gasteiger partial charge in [-0.2, -0.15) is 5.10 Å². The van der Waals surface area contributed by atoms with Gasteiger partial charge in [-0.25, -0.2) is 4.98 Å². The van der Waals surface area contributed by atoms with Crippen LogP contribution in [0.15, 0.2) is 54.9 Å². The number of hydrogen-bond acceptors (Lipinski definition) is 4. The van der Waals surface area contributed by atoms with Gasteiger partial charge >= 0.3 is 0 Å². The predicted octanol–water partition coefficient (Wildman–Crippen LogP) is 4.04. The van der Waals surface area contributed by atoms with E-state index in [0.29, 0.717) is 36.0 Å². The number of carbonyl (C=O) groups is 2. The average Bonchev–Trinajstić information content (AvgIpc) is 3.42. The minimum absolute atomic E-state index is 0.0744. The van der Waals surface area contributed by atoms with Crippen molar-refractivity contribution >= 4 is 17.5 Å². The Morgan fingerprint density at radius 1 is 1.06 bits per heavy atom. The van der Waals surface area contributed by atoms with Crippen LogP contribution in [0.2, 0.25) is 0 Å². The molecule has 0 spiro atoms. The second-order valence-electron chi connectivity index (χ2n) is 8.89. The molecule has 0 fully saturated rings. The summed E-state index contributed by atoms with van der Waals surface area (Å²) in [6.45, 7) is 9.25. The lowest BCUT2D eigenvalue weighted by Gasteiger charge is -2.18. The van der Waals surface area contributed by atoms with Gasteiger partial charge in [0, 0.05) is 35.9 Å². The Balaban J connectivity index is 1.72. The first-order chi connectivity index (χ1) is 15.3. The van der Waals surface area contributed by atoms with E-state index in [1.54, 1.807) is 17.3 Å². The normalized spacial score (nSPS) is 15.3. The van der Waals surface area contributed by atoms with Gasteiger partial charge in [0.05, 0.1) is 5.92 Å². The summed E-state index contributed by atoms with van der Waals surface area (Å²) in [5, 5.41) is 7.63. The van der Waals surface area contributed by atoms with Gasteiger partial charge < -0.3 is 10.2 Å². The van der Waals surface area contributed by atoms with E-state index in [1.165, 1.54) is 0 Å². The third-order valence-corrected chi connectivity index (χ3v) is 5.62. The summed E-state index contributed by atoms with van der Waals surface area (Å²) in [5.74, 6) is 0.631. The lowest BCUT2D eigenvalue weighted by molar-refractivity contribution is 0.0947. The molecule has 2 aromatic carbocycles. The molecule has 0 saturated carbocycles. The molecule has 3 aromatic rings. The van der Waals surface area contributed by atoms with Gasteiger partial charge in [-0.15, -0.1) is 0 Å². The number of rotatable bonds is 6. The van der Waals surface area contributed by atoms with Crippen LogP contribution in [0.3, 0.4) is 0 Å². The summed E-state index contributed by atoms with van der Waals surface area (Å²) in [6.07, 6.45) is 1.72. The summed E-state index contributed by atoms with van der Waals surface area (Å²) < 4.78 is 1.82. The molecule has 1 atom stereocenters. The largest absolute Gasteiger partial charge is 0.352 e. The third kappa shape index (κ3) is 4.28. The molecule has 4 rings (SSSR count). The van der Waals surface area contributed by atoms with Gasteiger partial charge in [-0.1, -0.05) is 32.0 Å². The van der Waals surface area contributed by atoms with E-state index in [9.17, 15) is 9.59 Å². The molecular weight excluding hydrogens is 402 g/mol. The topological polar surface area (TPSA) is 80.1 Å². The molecule has 2 amide bonds. The van der Waals surface area contributed by atoms with Crippen molar-refractivity contribution in [1.82, 2.24) is 20.1 Å². The Kier molecular flexibility index (Phi) is 6.08. The van der Waals surface area contributed by atoms with Crippen molar-refractivity contribution in [2.24, 2.45) is 5.92 Å². The predicted molar refractivity (Wildman–Crippen MR) is 124 cm³/mol. The first-order valence-electron chi connectivity index (χ1n) is 11.0. The van der Waals surface area contributed by atoms with Crippen molar-refractivity contribution in [2.75, 3.05) is 18.0 Å². The zero-order valence-corrected chi connectivity index (χ0v) is 18.9. The lowest BCUT2D eigenvalue weighted by Crippen LogP contribution is -2.30. The minimum Gasteiger partial charge on any atom is -0.352 e. The Bertz CT molecular complexity index is 1120. The number of nitrogens with one attached hydrogen (secondary N) is 1. The first kappa shape index (κ1) is 21.7. The van der Waals surface area contributed by atoms with Gasteiger partial charge in [0.1, 0.15) is 6.33 Å². The van der Waals surface area contributed by atoms with Crippen LogP contribution in [0.25, 0.3) is 0 Å². The van der Waals surface area contributed by atoms with Gasteiger partial charge in [-0.05, 0) is 55.7 Å².